The molecule has 174 valence electrons. The Kier molecular flexibility index (Phi) is 6.68. The van der Waals surface area contributed by atoms with Crippen LogP contribution in [0.3, 0.4) is 0 Å². The van der Waals surface area contributed by atoms with Crippen molar-refractivity contribution in [2.45, 2.75) is 38.9 Å². The zero-order valence-electron chi connectivity index (χ0n) is 18.8. The van der Waals surface area contributed by atoms with E-state index in [1.807, 2.05) is 22.6 Å². The maximum absolute atomic E-state index is 13.1. The third kappa shape index (κ3) is 4.58. The fraction of sp³-hybridized carbons (Fsp3) is 0.409. The van der Waals surface area contributed by atoms with Gasteiger partial charge in [-0.05, 0) is 31.4 Å². The van der Waals surface area contributed by atoms with E-state index in [1.165, 1.54) is 11.8 Å². The molecule has 11 heteroatoms. The van der Waals surface area contributed by atoms with Crippen molar-refractivity contribution in [3.05, 3.63) is 45.9 Å². The number of para-hydroxylation sites is 1. The summed E-state index contributed by atoms with van der Waals surface area (Å²) in [4.78, 5) is 37.3. The number of urea groups is 1. The molecule has 0 saturated carbocycles. The number of fused-ring (bicyclic) bond motifs is 3. The maximum atomic E-state index is 13.1. The van der Waals surface area contributed by atoms with Gasteiger partial charge in [0.15, 0.2) is 5.16 Å². The molecule has 0 radical (unpaired) electrons. The van der Waals surface area contributed by atoms with Crippen LogP contribution in [0.25, 0.3) is 16.7 Å². The molecule has 10 nitrogen and oxygen atoms in total. The van der Waals surface area contributed by atoms with Gasteiger partial charge in [0.1, 0.15) is 0 Å². The van der Waals surface area contributed by atoms with E-state index >= 15 is 0 Å². The third-order valence-corrected chi connectivity index (χ3v) is 6.29. The van der Waals surface area contributed by atoms with Crippen LogP contribution in [0.4, 0.5) is 4.79 Å². The van der Waals surface area contributed by atoms with Gasteiger partial charge in [-0.3, -0.25) is 13.8 Å². The molecule has 3 aromatic rings. The molecule has 2 aromatic heterocycles. The lowest BCUT2D eigenvalue weighted by atomic mass is 10.1. The largest absolute Gasteiger partial charge is 0.463 e. The van der Waals surface area contributed by atoms with Gasteiger partial charge in [-0.2, -0.15) is 0 Å². The van der Waals surface area contributed by atoms with Crippen LogP contribution >= 0.6 is 11.8 Å². The Hall–Kier alpha value is -3.34. The van der Waals surface area contributed by atoms with Gasteiger partial charge in [0.05, 0.1) is 29.6 Å². The second-order valence-corrected chi connectivity index (χ2v) is 8.99. The van der Waals surface area contributed by atoms with Gasteiger partial charge >= 0.3 is 12.0 Å². The van der Waals surface area contributed by atoms with E-state index in [-0.39, 0.29) is 30.5 Å². The number of aromatic nitrogens is 4. The molecule has 0 atom stereocenters. The Bertz CT molecular complexity index is 1310. The first kappa shape index (κ1) is 22.8. The zero-order valence-corrected chi connectivity index (χ0v) is 19.6. The molecule has 33 heavy (non-hydrogen) atoms. The normalized spacial score (nSPS) is 14.1. The Morgan fingerprint density at radius 3 is 2.79 bits per heavy atom. The van der Waals surface area contributed by atoms with Gasteiger partial charge in [-0.1, -0.05) is 37.7 Å². The fourth-order valence-electron chi connectivity index (χ4n) is 3.62. The third-order valence-electron chi connectivity index (χ3n) is 5.33. The minimum absolute atomic E-state index is 0.0960. The van der Waals surface area contributed by atoms with Gasteiger partial charge < -0.3 is 15.4 Å². The second kappa shape index (κ2) is 9.65. The monoisotopic (exact) mass is 470 g/mol. The number of nitrogens with one attached hydrogen (secondary N) is 2. The molecule has 0 unspecified atom stereocenters. The van der Waals surface area contributed by atoms with Crippen LogP contribution in [-0.2, 0) is 16.1 Å². The summed E-state index contributed by atoms with van der Waals surface area (Å²) < 4.78 is 8.64. The maximum Gasteiger partial charge on any atom is 0.337 e. The summed E-state index contributed by atoms with van der Waals surface area (Å²) in [6, 6.07) is 6.98. The predicted molar refractivity (Wildman–Crippen MR) is 125 cm³/mol. The number of carbonyl (C=O) groups excluding carboxylic acids is 2. The minimum atomic E-state index is -0.473. The van der Waals surface area contributed by atoms with Crippen molar-refractivity contribution in [2.75, 3.05) is 18.9 Å². The van der Waals surface area contributed by atoms with E-state index in [0.29, 0.717) is 45.6 Å². The van der Waals surface area contributed by atoms with Crippen molar-refractivity contribution in [1.29, 1.82) is 0 Å². The van der Waals surface area contributed by atoms with Crippen molar-refractivity contribution >= 4 is 40.4 Å². The highest BCUT2D eigenvalue weighted by Crippen LogP contribution is 2.24. The highest BCUT2D eigenvalue weighted by molar-refractivity contribution is 7.99. The minimum Gasteiger partial charge on any atom is -0.463 e. The Morgan fingerprint density at radius 2 is 2.03 bits per heavy atom. The van der Waals surface area contributed by atoms with E-state index in [2.05, 4.69) is 34.7 Å². The summed E-state index contributed by atoms with van der Waals surface area (Å²) in [5, 5.41) is 15.1. The summed E-state index contributed by atoms with van der Waals surface area (Å²) in [6.45, 7) is 6.82. The van der Waals surface area contributed by atoms with Gasteiger partial charge in [-0.15, -0.1) is 10.2 Å². The number of hydrogen-bond donors (Lipinski definition) is 2. The predicted octanol–water partition coefficient (Wildman–Crippen LogP) is 2.31. The number of amides is 2. The molecular formula is C22H26N6O4S. The average Bonchev–Trinajstić information content (AvgIpc) is 3.21. The van der Waals surface area contributed by atoms with Crippen LogP contribution < -0.4 is 16.2 Å². The van der Waals surface area contributed by atoms with E-state index in [9.17, 15) is 14.4 Å². The highest BCUT2D eigenvalue weighted by atomic mass is 32.2. The van der Waals surface area contributed by atoms with Crippen molar-refractivity contribution in [3.8, 4) is 0 Å². The lowest BCUT2D eigenvalue weighted by molar-refractivity contribution is -0.138. The zero-order chi connectivity index (χ0) is 23.5. The van der Waals surface area contributed by atoms with Gasteiger partial charge in [-0.25, -0.2) is 9.59 Å². The molecule has 0 spiro atoms. The average molecular weight is 471 g/mol. The van der Waals surface area contributed by atoms with Crippen molar-refractivity contribution in [1.82, 2.24) is 29.8 Å². The molecule has 3 heterocycles. The number of esters is 1. The number of carbonyl (C=O) groups is 2. The molecule has 4 rings (SSSR count). The Balaban J connectivity index is 1.75. The molecule has 0 bridgehead atoms. The van der Waals surface area contributed by atoms with Crippen LogP contribution in [0.15, 0.2) is 45.5 Å². The van der Waals surface area contributed by atoms with Crippen LogP contribution in [0.1, 0.15) is 27.2 Å². The number of aryl methyl sites for hydroxylation is 1. The summed E-state index contributed by atoms with van der Waals surface area (Å²) in [7, 11) is 0. The molecule has 1 aromatic carbocycles. The van der Waals surface area contributed by atoms with Crippen LogP contribution in [0.5, 0.6) is 0 Å². The topological polar surface area (TPSA) is 120 Å². The standard InChI is InChI=1S/C22H26N6O4S/c1-4-32-19(30)15-11-23-20(31)24-16(15)12-33-22-26-25-21-27(10-9-13(2)3)18(29)14-7-5-6-8-17(14)28(21)22/h5-8,13H,4,9-12H2,1-3H3,(H2,23,24,31). The number of nitrogens with zero attached hydrogens (tertiary/aromatic N) is 4. The Morgan fingerprint density at radius 1 is 1.24 bits per heavy atom. The molecule has 1 aliphatic rings. The summed E-state index contributed by atoms with van der Waals surface area (Å²) >= 11 is 1.32. The lowest BCUT2D eigenvalue weighted by Gasteiger charge is -2.20. The second-order valence-electron chi connectivity index (χ2n) is 8.05. The molecule has 2 amide bonds. The first-order valence-corrected chi connectivity index (χ1v) is 11.8. The molecule has 2 N–H and O–H groups in total. The number of hydrogen-bond acceptors (Lipinski definition) is 7. The lowest BCUT2D eigenvalue weighted by Crippen LogP contribution is -2.44. The van der Waals surface area contributed by atoms with Crippen LogP contribution in [-0.4, -0.2) is 50.1 Å². The highest BCUT2D eigenvalue weighted by Gasteiger charge is 2.25. The van der Waals surface area contributed by atoms with Crippen molar-refractivity contribution < 1.29 is 14.3 Å². The van der Waals surface area contributed by atoms with Crippen molar-refractivity contribution in [2.24, 2.45) is 5.92 Å². The SMILES string of the molecule is CCOC(=O)C1=C(CSc2nnc3n(CCC(C)C)c(=O)c4ccccc4n23)NC(=O)NC1. The summed E-state index contributed by atoms with van der Waals surface area (Å²) in [5.74, 6) is 0.703. The molecular weight excluding hydrogens is 444 g/mol. The summed E-state index contributed by atoms with van der Waals surface area (Å²) in [6.07, 6.45) is 0.831. The molecule has 1 aliphatic heterocycles. The number of benzene rings is 1. The molecule has 0 aliphatic carbocycles. The molecule has 0 fully saturated rings. The van der Waals surface area contributed by atoms with Crippen LogP contribution in [0, 0.1) is 5.92 Å². The van der Waals surface area contributed by atoms with Gasteiger partial charge in [0.25, 0.3) is 5.56 Å². The number of ether oxygens (including phenoxy) is 1. The first-order chi connectivity index (χ1) is 15.9. The summed E-state index contributed by atoms with van der Waals surface area (Å²) in [5.41, 5.74) is 1.45. The number of thioether (sulfide) groups is 1. The van der Waals surface area contributed by atoms with E-state index in [4.69, 9.17) is 4.74 Å². The van der Waals surface area contributed by atoms with E-state index in [1.54, 1.807) is 17.6 Å². The van der Waals surface area contributed by atoms with Gasteiger partial charge in [0, 0.05) is 18.0 Å². The smallest absolute Gasteiger partial charge is 0.337 e. The number of rotatable bonds is 8. The quantitative estimate of drug-likeness (QED) is 0.383. The van der Waals surface area contributed by atoms with Gasteiger partial charge in [0.2, 0.25) is 5.78 Å². The first-order valence-electron chi connectivity index (χ1n) is 10.8. The van der Waals surface area contributed by atoms with Crippen molar-refractivity contribution in [3.63, 3.8) is 0 Å². The fourth-order valence-corrected chi connectivity index (χ4v) is 4.55. The Labute approximate surface area is 194 Å². The van der Waals surface area contributed by atoms with Crippen LogP contribution in [0.2, 0.25) is 0 Å². The molecule has 0 saturated heterocycles. The van der Waals surface area contributed by atoms with E-state index in [0.717, 1.165) is 6.42 Å². The van der Waals surface area contributed by atoms with E-state index < -0.39 is 5.97 Å².